The van der Waals surface area contributed by atoms with Crippen LogP contribution in [0.25, 0.3) is 10.2 Å². The molecular weight excluding hydrogens is 322 g/mol. The third-order valence-corrected chi connectivity index (χ3v) is 5.63. The molecule has 0 unspecified atom stereocenters. The average molecular weight is 343 g/mol. The number of hydrogen-bond acceptors (Lipinski definition) is 7. The zero-order chi connectivity index (χ0) is 16.5. The highest BCUT2D eigenvalue weighted by Gasteiger charge is 2.21. The molecule has 126 valence electrons. The van der Waals surface area contributed by atoms with E-state index in [1.165, 1.54) is 10.3 Å². The molecule has 0 radical (unpaired) electrons. The van der Waals surface area contributed by atoms with E-state index >= 15 is 0 Å². The maximum atomic E-state index is 5.15. The van der Waals surface area contributed by atoms with Crippen LogP contribution >= 0.6 is 11.3 Å². The molecule has 0 atom stereocenters. The first kappa shape index (κ1) is 15.5. The Morgan fingerprint density at radius 1 is 1.17 bits per heavy atom. The Labute approximate surface area is 145 Å². The first-order valence-corrected chi connectivity index (χ1v) is 9.17. The van der Waals surface area contributed by atoms with Crippen LogP contribution in [0.4, 0.5) is 5.82 Å². The SMILES string of the molecule is CCc1cc2c(N3CCN(Cc4cc(C)on4)CC3)ncnc2s1. The van der Waals surface area contributed by atoms with Crippen LogP contribution in [0.15, 0.2) is 23.0 Å². The second-order valence-corrected chi connectivity index (χ2v) is 7.29. The van der Waals surface area contributed by atoms with Crippen molar-refractivity contribution in [1.82, 2.24) is 20.0 Å². The van der Waals surface area contributed by atoms with Crippen LogP contribution in [0.1, 0.15) is 23.3 Å². The zero-order valence-electron chi connectivity index (χ0n) is 14.0. The number of anilines is 1. The van der Waals surface area contributed by atoms with Crippen LogP contribution in [-0.2, 0) is 13.0 Å². The molecule has 0 aromatic carbocycles. The van der Waals surface area contributed by atoms with Gasteiger partial charge in [0.25, 0.3) is 0 Å². The number of hydrogen-bond donors (Lipinski definition) is 0. The maximum Gasteiger partial charge on any atom is 0.140 e. The molecule has 4 rings (SSSR count). The monoisotopic (exact) mass is 343 g/mol. The van der Waals surface area contributed by atoms with Crippen LogP contribution in [0.3, 0.4) is 0 Å². The van der Waals surface area contributed by atoms with E-state index in [4.69, 9.17) is 4.52 Å². The summed E-state index contributed by atoms with van der Waals surface area (Å²) in [5.41, 5.74) is 1.01. The molecule has 3 aromatic rings. The van der Waals surface area contributed by atoms with Gasteiger partial charge >= 0.3 is 0 Å². The van der Waals surface area contributed by atoms with Crippen molar-refractivity contribution in [3.8, 4) is 0 Å². The molecule has 0 saturated carbocycles. The van der Waals surface area contributed by atoms with E-state index in [9.17, 15) is 0 Å². The molecule has 24 heavy (non-hydrogen) atoms. The van der Waals surface area contributed by atoms with Crippen molar-refractivity contribution in [2.45, 2.75) is 26.8 Å². The number of aromatic nitrogens is 3. The minimum Gasteiger partial charge on any atom is -0.361 e. The largest absolute Gasteiger partial charge is 0.361 e. The summed E-state index contributed by atoms with van der Waals surface area (Å²) in [6, 6.07) is 4.26. The highest BCUT2D eigenvalue weighted by atomic mass is 32.1. The summed E-state index contributed by atoms with van der Waals surface area (Å²) in [5.74, 6) is 1.95. The van der Waals surface area contributed by atoms with Crippen molar-refractivity contribution >= 4 is 27.4 Å². The highest BCUT2D eigenvalue weighted by Crippen LogP contribution is 2.31. The molecule has 3 aromatic heterocycles. The van der Waals surface area contributed by atoms with Gasteiger partial charge in [0, 0.05) is 43.7 Å². The fourth-order valence-corrected chi connectivity index (χ4v) is 4.09. The van der Waals surface area contributed by atoms with Crippen LogP contribution in [-0.4, -0.2) is 46.2 Å². The number of thiophene rings is 1. The first-order valence-electron chi connectivity index (χ1n) is 8.36. The molecule has 0 aliphatic carbocycles. The highest BCUT2D eigenvalue weighted by molar-refractivity contribution is 7.18. The van der Waals surface area contributed by atoms with Crippen molar-refractivity contribution in [2.75, 3.05) is 31.1 Å². The van der Waals surface area contributed by atoms with Crippen molar-refractivity contribution in [1.29, 1.82) is 0 Å². The summed E-state index contributed by atoms with van der Waals surface area (Å²) in [6.07, 6.45) is 2.74. The van der Waals surface area contributed by atoms with E-state index in [1.54, 1.807) is 17.7 Å². The fourth-order valence-electron chi connectivity index (χ4n) is 3.16. The van der Waals surface area contributed by atoms with Crippen molar-refractivity contribution in [3.05, 3.63) is 34.8 Å². The van der Waals surface area contributed by atoms with Crippen molar-refractivity contribution in [3.63, 3.8) is 0 Å². The minimum atomic E-state index is 0.850. The summed E-state index contributed by atoms with van der Waals surface area (Å²) in [7, 11) is 0. The molecule has 1 saturated heterocycles. The summed E-state index contributed by atoms with van der Waals surface area (Å²) in [6.45, 7) is 8.91. The molecular formula is C17H21N5OS. The van der Waals surface area contributed by atoms with Crippen molar-refractivity contribution in [2.24, 2.45) is 0 Å². The van der Waals surface area contributed by atoms with Gasteiger partial charge in [-0.2, -0.15) is 0 Å². The van der Waals surface area contributed by atoms with Gasteiger partial charge in [-0.05, 0) is 19.4 Å². The van der Waals surface area contributed by atoms with Gasteiger partial charge in [0.2, 0.25) is 0 Å². The average Bonchev–Trinajstić information content (AvgIpc) is 3.21. The first-order chi connectivity index (χ1) is 11.7. The quantitative estimate of drug-likeness (QED) is 0.726. The van der Waals surface area contributed by atoms with Gasteiger partial charge < -0.3 is 9.42 Å². The van der Waals surface area contributed by atoms with E-state index in [0.717, 1.165) is 61.2 Å². The van der Waals surface area contributed by atoms with Gasteiger partial charge in [0.1, 0.15) is 22.7 Å². The van der Waals surface area contributed by atoms with Gasteiger partial charge in [-0.3, -0.25) is 4.90 Å². The predicted octanol–water partition coefficient (Wildman–Crippen LogP) is 2.87. The lowest BCUT2D eigenvalue weighted by molar-refractivity contribution is 0.241. The Kier molecular flexibility index (Phi) is 4.20. The molecule has 6 nitrogen and oxygen atoms in total. The van der Waals surface area contributed by atoms with Gasteiger partial charge in [-0.1, -0.05) is 12.1 Å². The summed E-state index contributed by atoms with van der Waals surface area (Å²) < 4.78 is 5.15. The molecule has 0 bridgehead atoms. The lowest BCUT2D eigenvalue weighted by Crippen LogP contribution is -2.46. The van der Waals surface area contributed by atoms with Crippen LogP contribution in [0.5, 0.6) is 0 Å². The third-order valence-electron chi connectivity index (χ3n) is 4.44. The smallest absolute Gasteiger partial charge is 0.140 e. The Hall–Kier alpha value is -1.99. The Morgan fingerprint density at radius 3 is 2.71 bits per heavy atom. The second-order valence-electron chi connectivity index (χ2n) is 6.17. The molecule has 0 amide bonds. The Morgan fingerprint density at radius 2 is 2.00 bits per heavy atom. The number of nitrogens with zero attached hydrogens (tertiary/aromatic N) is 5. The van der Waals surface area contributed by atoms with Crippen LogP contribution in [0, 0.1) is 6.92 Å². The normalized spacial score (nSPS) is 16.2. The molecule has 0 N–H and O–H groups in total. The van der Waals surface area contributed by atoms with E-state index in [-0.39, 0.29) is 0 Å². The summed E-state index contributed by atoms with van der Waals surface area (Å²) in [4.78, 5) is 16.2. The molecule has 1 aliphatic heterocycles. The standard InChI is InChI=1S/C17H21N5OS/c1-3-14-9-15-16(18-11-19-17(15)24-14)22-6-4-21(5-7-22)10-13-8-12(2)23-20-13/h8-9,11H,3-7,10H2,1-2H3. The lowest BCUT2D eigenvalue weighted by atomic mass is 10.2. The summed E-state index contributed by atoms with van der Waals surface area (Å²) >= 11 is 1.77. The molecule has 0 spiro atoms. The molecule has 4 heterocycles. The Bertz CT molecular complexity index is 834. The number of aryl methyl sites for hydroxylation is 2. The lowest BCUT2D eigenvalue weighted by Gasteiger charge is -2.35. The summed E-state index contributed by atoms with van der Waals surface area (Å²) in [5, 5.41) is 5.28. The van der Waals surface area contributed by atoms with Gasteiger partial charge in [0.15, 0.2) is 0 Å². The predicted molar refractivity (Wildman–Crippen MR) is 95.5 cm³/mol. The second kappa shape index (κ2) is 6.49. The number of fused-ring (bicyclic) bond motifs is 1. The topological polar surface area (TPSA) is 58.3 Å². The molecule has 1 aliphatic rings. The van der Waals surface area contributed by atoms with Gasteiger partial charge in [0.05, 0.1) is 11.1 Å². The van der Waals surface area contributed by atoms with E-state index in [0.29, 0.717) is 0 Å². The van der Waals surface area contributed by atoms with E-state index in [2.05, 4.69) is 37.9 Å². The van der Waals surface area contributed by atoms with Gasteiger partial charge in [-0.25, -0.2) is 9.97 Å². The van der Waals surface area contributed by atoms with E-state index in [1.807, 2.05) is 13.0 Å². The van der Waals surface area contributed by atoms with Gasteiger partial charge in [-0.15, -0.1) is 11.3 Å². The third kappa shape index (κ3) is 3.01. The number of rotatable bonds is 4. The van der Waals surface area contributed by atoms with Crippen LogP contribution in [0.2, 0.25) is 0 Å². The minimum absolute atomic E-state index is 0.850. The maximum absolute atomic E-state index is 5.15. The molecule has 7 heteroatoms. The zero-order valence-corrected chi connectivity index (χ0v) is 14.8. The number of piperazine rings is 1. The van der Waals surface area contributed by atoms with E-state index < -0.39 is 0 Å². The fraction of sp³-hybridized carbons (Fsp3) is 0.471. The Balaban J connectivity index is 1.46. The van der Waals surface area contributed by atoms with Crippen molar-refractivity contribution < 1.29 is 4.52 Å². The molecule has 1 fully saturated rings. The van der Waals surface area contributed by atoms with Crippen LogP contribution < -0.4 is 4.90 Å².